The van der Waals surface area contributed by atoms with Crippen molar-refractivity contribution in [1.82, 2.24) is 0 Å². The molecule has 0 saturated carbocycles. The van der Waals surface area contributed by atoms with Gasteiger partial charge in [-0.3, -0.25) is 9.87 Å². The molecule has 1 aromatic rings. The zero-order valence-electron chi connectivity index (χ0n) is 7.34. The van der Waals surface area contributed by atoms with E-state index in [1.165, 1.54) is 6.07 Å². The summed E-state index contributed by atoms with van der Waals surface area (Å²) < 4.78 is 30.2. The number of hydrogen-bond donors (Lipinski definition) is 4. The third-order valence-electron chi connectivity index (χ3n) is 1.54. The Balaban J connectivity index is 3.15. The minimum absolute atomic E-state index is 0.118. The van der Waals surface area contributed by atoms with Crippen LogP contribution in [0.15, 0.2) is 23.1 Å². The van der Waals surface area contributed by atoms with E-state index < -0.39 is 21.1 Å². The maximum Gasteiger partial charge on any atom is 0.409 e. The fourth-order valence-electron chi connectivity index (χ4n) is 0.985. The number of carbonyl (C=O) groups is 1. The van der Waals surface area contributed by atoms with Gasteiger partial charge in [0.1, 0.15) is 4.90 Å². The normalized spacial score (nSPS) is 11.0. The van der Waals surface area contributed by atoms with Crippen LogP contribution < -0.4 is 11.1 Å². The number of amides is 1. The largest absolute Gasteiger partial charge is 0.465 e. The summed E-state index contributed by atoms with van der Waals surface area (Å²) in [6, 6.07) is 3.28. The smallest absolute Gasteiger partial charge is 0.409 e. The highest BCUT2D eigenvalue weighted by Gasteiger charge is 2.14. The highest BCUT2D eigenvalue weighted by atomic mass is 32.2. The van der Waals surface area contributed by atoms with Gasteiger partial charge in [-0.25, -0.2) is 4.79 Å². The maximum atomic E-state index is 10.7. The van der Waals surface area contributed by atoms with E-state index in [2.05, 4.69) is 0 Å². The summed E-state index contributed by atoms with van der Waals surface area (Å²) in [7, 11) is -4.38. The van der Waals surface area contributed by atoms with Gasteiger partial charge in [-0.2, -0.15) is 8.42 Å². The van der Waals surface area contributed by atoms with Crippen molar-refractivity contribution in [1.29, 1.82) is 0 Å². The van der Waals surface area contributed by atoms with Crippen molar-refractivity contribution in [2.75, 3.05) is 11.1 Å². The van der Waals surface area contributed by atoms with Crippen LogP contribution in [0.5, 0.6) is 0 Å². The molecule has 1 rings (SSSR count). The first-order valence-electron chi connectivity index (χ1n) is 3.67. The van der Waals surface area contributed by atoms with Crippen LogP contribution in [0.4, 0.5) is 16.2 Å². The van der Waals surface area contributed by atoms with Crippen molar-refractivity contribution in [2.24, 2.45) is 0 Å². The number of rotatable bonds is 2. The summed E-state index contributed by atoms with van der Waals surface area (Å²) in [5, 5.41) is 10.4. The summed E-state index contributed by atoms with van der Waals surface area (Å²) in [4.78, 5) is 9.78. The van der Waals surface area contributed by atoms with E-state index in [0.717, 1.165) is 12.1 Å². The summed E-state index contributed by atoms with van der Waals surface area (Å²) in [6.45, 7) is 0. The van der Waals surface area contributed by atoms with Gasteiger partial charge in [0.2, 0.25) is 0 Å². The molecule has 5 N–H and O–H groups in total. The predicted octanol–water partition coefficient (Wildman–Crippen LogP) is 0.605. The number of carboxylic acid groups (broad SMARTS) is 1. The minimum Gasteiger partial charge on any atom is -0.465 e. The molecule has 0 aliphatic carbocycles. The fourth-order valence-corrected chi connectivity index (χ4v) is 1.58. The van der Waals surface area contributed by atoms with Crippen molar-refractivity contribution < 1.29 is 22.9 Å². The van der Waals surface area contributed by atoms with Crippen LogP contribution in [0.1, 0.15) is 0 Å². The lowest BCUT2D eigenvalue weighted by Gasteiger charge is -2.05. The van der Waals surface area contributed by atoms with Crippen molar-refractivity contribution >= 4 is 27.6 Å². The van der Waals surface area contributed by atoms with E-state index in [1.54, 1.807) is 0 Å². The molecular weight excluding hydrogens is 224 g/mol. The highest BCUT2D eigenvalue weighted by molar-refractivity contribution is 7.86. The molecule has 82 valence electrons. The molecule has 1 aromatic carbocycles. The van der Waals surface area contributed by atoms with E-state index >= 15 is 0 Å². The molecule has 0 fully saturated rings. The molecule has 0 bridgehead atoms. The van der Waals surface area contributed by atoms with E-state index in [9.17, 15) is 13.2 Å². The average molecular weight is 232 g/mol. The topological polar surface area (TPSA) is 130 Å². The Bertz CT molecular complexity index is 496. The summed E-state index contributed by atoms with van der Waals surface area (Å²) in [5.41, 5.74) is 5.20. The van der Waals surface area contributed by atoms with Crippen molar-refractivity contribution in [3.05, 3.63) is 18.2 Å². The van der Waals surface area contributed by atoms with E-state index in [-0.39, 0.29) is 11.4 Å². The van der Waals surface area contributed by atoms with Crippen LogP contribution in [0.2, 0.25) is 0 Å². The maximum absolute atomic E-state index is 10.7. The van der Waals surface area contributed by atoms with Gasteiger partial charge in [-0.05, 0) is 18.2 Å². The molecule has 8 heteroatoms. The third-order valence-corrected chi connectivity index (χ3v) is 2.47. The molecule has 0 saturated heterocycles. The molecule has 0 spiro atoms. The molecule has 0 aliphatic heterocycles. The average Bonchev–Trinajstić information content (AvgIpc) is 1.99. The quantitative estimate of drug-likeness (QED) is 0.436. The van der Waals surface area contributed by atoms with Crippen LogP contribution >= 0.6 is 0 Å². The van der Waals surface area contributed by atoms with Crippen molar-refractivity contribution in [2.45, 2.75) is 4.90 Å². The van der Waals surface area contributed by atoms with Crippen molar-refractivity contribution in [3.8, 4) is 0 Å². The zero-order chi connectivity index (χ0) is 11.6. The number of nitrogen functional groups attached to an aromatic ring is 1. The molecule has 0 radical (unpaired) electrons. The first kappa shape index (κ1) is 11.3. The van der Waals surface area contributed by atoms with Gasteiger partial charge in [-0.1, -0.05) is 0 Å². The molecule has 7 nitrogen and oxygen atoms in total. The number of anilines is 2. The highest BCUT2D eigenvalue weighted by Crippen LogP contribution is 2.21. The molecular formula is C7H8N2O5S. The Kier molecular flexibility index (Phi) is 2.82. The van der Waals surface area contributed by atoms with E-state index in [0.29, 0.717) is 0 Å². The molecule has 0 aliphatic rings. The molecule has 1 amide bonds. The third kappa shape index (κ3) is 2.82. The molecule has 0 atom stereocenters. The van der Waals surface area contributed by atoms with Gasteiger partial charge in [-0.15, -0.1) is 0 Å². The second-order valence-corrected chi connectivity index (χ2v) is 4.05. The lowest BCUT2D eigenvalue weighted by molar-refractivity contribution is 0.210. The van der Waals surface area contributed by atoms with Crippen LogP contribution in [-0.4, -0.2) is 24.2 Å². The fraction of sp³-hybridized carbons (Fsp3) is 0. The molecule has 0 aromatic heterocycles. The first-order chi connectivity index (χ1) is 6.80. The van der Waals surface area contributed by atoms with Crippen LogP contribution in [-0.2, 0) is 10.1 Å². The molecule has 0 heterocycles. The predicted molar refractivity (Wildman–Crippen MR) is 52.3 cm³/mol. The lowest BCUT2D eigenvalue weighted by atomic mass is 10.3. The monoisotopic (exact) mass is 232 g/mol. The second kappa shape index (κ2) is 3.75. The lowest BCUT2D eigenvalue weighted by Crippen LogP contribution is -2.09. The Morgan fingerprint density at radius 3 is 2.40 bits per heavy atom. The van der Waals surface area contributed by atoms with Crippen LogP contribution in [0.3, 0.4) is 0 Å². The van der Waals surface area contributed by atoms with Gasteiger partial charge in [0, 0.05) is 5.69 Å². The van der Waals surface area contributed by atoms with Gasteiger partial charge in [0.15, 0.2) is 0 Å². The summed E-state index contributed by atoms with van der Waals surface area (Å²) in [5.74, 6) is 0. The Morgan fingerprint density at radius 2 is 2.00 bits per heavy atom. The Morgan fingerprint density at radius 1 is 1.40 bits per heavy atom. The first-order valence-corrected chi connectivity index (χ1v) is 5.11. The number of nitrogens with one attached hydrogen (secondary N) is 1. The summed E-state index contributed by atoms with van der Waals surface area (Å²) in [6.07, 6.45) is -1.30. The molecule has 0 unspecified atom stereocenters. The van der Waals surface area contributed by atoms with Crippen LogP contribution in [0, 0.1) is 0 Å². The van der Waals surface area contributed by atoms with Gasteiger partial charge < -0.3 is 10.8 Å². The molecule has 15 heavy (non-hydrogen) atoms. The van der Waals surface area contributed by atoms with Crippen LogP contribution in [0.25, 0.3) is 0 Å². The Labute approximate surface area is 85.3 Å². The minimum atomic E-state index is -4.38. The van der Waals surface area contributed by atoms with Gasteiger partial charge >= 0.3 is 6.09 Å². The zero-order valence-corrected chi connectivity index (χ0v) is 8.15. The number of nitrogens with two attached hydrogens (primary N) is 1. The second-order valence-electron chi connectivity index (χ2n) is 2.66. The number of hydrogen-bond acceptors (Lipinski definition) is 4. The van der Waals surface area contributed by atoms with E-state index in [1.807, 2.05) is 5.32 Å². The Hall–Kier alpha value is -1.80. The van der Waals surface area contributed by atoms with E-state index in [4.69, 9.17) is 15.4 Å². The van der Waals surface area contributed by atoms with Gasteiger partial charge in [0.05, 0.1) is 5.69 Å². The SMILES string of the molecule is Nc1cc(NC(=O)O)ccc1S(=O)(=O)O. The van der Waals surface area contributed by atoms with Crippen molar-refractivity contribution in [3.63, 3.8) is 0 Å². The summed E-state index contributed by atoms with van der Waals surface area (Å²) >= 11 is 0. The standard InChI is InChI=1S/C7H8N2O5S/c8-5-3-4(9-7(10)11)1-2-6(5)15(12,13)14/h1-3,9H,8H2,(H,10,11)(H,12,13,14). The van der Waals surface area contributed by atoms with Gasteiger partial charge in [0.25, 0.3) is 10.1 Å². The number of benzene rings is 1.